The summed E-state index contributed by atoms with van der Waals surface area (Å²) in [5, 5.41) is 3.38. The van der Waals surface area contributed by atoms with E-state index in [0.717, 1.165) is 16.2 Å². The lowest BCUT2D eigenvalue weighted by atomic mass is 10.1. The van der Waals surface area contributed by atoms with Gasteiger partial charge in [0.2, 0.25) is 0 Å². The van der Waals surface area contributed by atoms with Gasteiger partial charge in [0.1, 0.15) is 0 Å². The summed E-state index contributed by atoms with van der Waals surface area (Å²) in [5.74, 6) is 0.349. The summed E-state index contributed by atoms with van der Waals surface area (Å²) >= 11 is 7.57. The number of sulfone groups is 1. The Hall–Kier alpha value is -2.28. The number of amides is 1. The maximum Gasteiger partial charge on any atom is 0.251 e. The van der Waals surface area contributed by atoms with Gasteiger partial charge in [-0.15, -0.1) is 11.8 Å². The average molecular weight is 446 g/mol. The van der Waals surface area contributed by atoms with Crippen molar-refractivity contribution in [2.75, 3.05) is 12.3 Å². The monoisotopic (exact) mass is 445 g/mol. The van der Waals surface area contributed by atoms with Crippen molar-refractivity contribution in [1.29, 1.82) is 0 Å². The molecular weight excluding hydrogens is 426 g/mol. The third kappa shape index (κ3) is 6.35. The number of thioether (sulfide) groups is 1. The fourth-order valence-corrected chi connectivity index (χ4v) is 4.76. The van der Waals surface area contributed by atoms with Gasteiger partial charge in [-0.1, -0.05) is 41.9 Å². The summed E-state index contributed by atoms with van der Waals surface area (Å²) in [6.07, 6.45) is 0. The minimum atomic E-state index is -3.41. The Morgan fingerprint density at radius 2 is 1.55 bits per heavy atom. The Labute approximate surface area is 180 Å². The molecule has 0 radical (unpaired) electrons. The third-order valence-electron chi connectivity index (χ3n) is 4.19. The molecule has 4 nitrogen and oxygen atoms in total. The summed E-state index contributed by atoms with van der Waals surface area (Å²) in [5.41, 5.74) is 1.59. The van der Waals surface area contributed by atoms with Crippen molar-refractivity contribution < 1.29 is 13.2 Å². The van der Waals surface area contributed by atoms with Crippen LogP contribution in [0.25, 0.3) is 0 Å². The maximum absolute atomic E-state index is 12.3. The zero-order valence-corrected chi connectivity index (χ0v) is 17.9. The topological polar surface area (TPSA) is 63.2 Å². The zero-order chi connectivity index (χ0) is 20.7. The molecule has 0 bridgehead atoms. The number of carbonyl (C=O) groups excluding carboxylic acids is 1. The highest BCUT2D eigenvalue weighted by Gasteiger charge is 2.14. The van der Waals surface area contributed by atoms with Gasteiger partial charge < -0.3 is 5.32 Å². The molecular formula is C22H20ClNO3S2. The van der Waals surface area contributed by atoms with E-state index in [-0.39, 0.29) is 23.1 Å². The molecule has 3 rings (SSSR count). The van der Waals surface area contributed by atoms with Crippen LogP contribution in [-0.2, 0) is 15.6 Å². The van der Waals surface area contributed by atoms with Crippen LogP contribution in [0.3, 0.4) is 0 Å². The van der Waals surface area contributed by atoms with E-state index in [9.17, 15) is 13.2 Å². The smallest absolute Gasteiger partial charge is 0.251 e. The highest BCUT2D eigenvalue weighted by Crippen LogP contribution is 2.24. The Morgan fingerprint density at radius 1 is 0.897 bits per heavy atom. The molecule has 0 aliphatic heterocycles. The van der Waals surface area contributed by atoms with E-state index < -0.39 is 9.84 Å². The van der Waals surface area contributed by atoms with E-state index in [2.05, 4.69) is 5.32 Å². The van der Waals surface area contributed by atoms with Gasteiger partial charge in [-0.3, -0.25) is 4.79 Å². The number of hydrogen-bond acceptors (Lipinski definition) is 4. The van der Waals surface area contributed by atoms with Crippen LogP contribution in [0, 0.1) is 0 Å². The van der Waals surface area contributed by atoms with Crippen molar-refractivity contribution in [2.45, 2.75) is 15.5 Å². The lowest BCUT2D eigenvalue weighted by Crippen LogP contribution is -2.29. The van der Waals surface area contributed by atoms with E-state index >= 15 is 0 Å². The van der Waals surface area contributed by atoms with Crippen LogP contribution in [0.1, 0.15) is 15.9 Å². The second-order valence-electron chi connectivity index (χ2n) is 6.33. The first kappa shape index (κ1) is 21.4. The molecule has 29 heavy (non-hydrogen) atoms. The molecule has 0 heterocycles. The van der Waals surface area contributed by atoms with E-state index in [1.807, 2.05) is 36.4 Å². The number of halogens is 1. The summed E-state index contributed by atoms with van der Waals surface area (Å²) in [6, 6.07) is 23.2. The molecule has 150 valence electrons. The Morgan fingerprint density at radius 3 is 2.21 bits per heavy atom. The van der Waals surface area contributed by atoms with Crippen LogP contribution in [0.5, 0.6) is 0 Å². The maximum atomic E-state index is 12.3. The molecule has 0 aromatic heterocycles. The van der Waals surface area contributed by atoms with Crippen molar-refractivity contribution in [3.05, 3.63) is 95.0 Å². The predicted molar refractivity (Wildman–Crippen MR) is 118 cm³/mol. The first-order valence-corrected chi connectivity index (χ1v) is 12.0. The predicted octanol–water partition coefficient (Wildman–Crippen LogP) is 4.84. The van der Waals surface area contributed by atoms with Crippen molar-refractivity contribution in [1.82, 2.24) is 5.32 Å². The highest BCUT2D eigenvalue weighted by molar-refractivity contribution is 7.98. The second kappa shape index (κ2) is 9.96. The molecule has 1 N–H and O–H groups in total. The van der Waals surface area contributed by atoms with Gasteiger partial charge in [0, 0.05) is 27.8 Å². The summed E-state index contributed by atoms with van der Waals surface area (Å²) in [6.45, 7) is 0.0598. The molecule has 1 amide bonds. The minimum absolute atomic E-state index is 0.0598. The van der Waals surface area contributed by atoms with Crippen LogP contribution < -0.4 is 5.32 Å². The van der Waals surface area contributed by atoms with Gasteiger partial charge in [0.15, 0.2) is 9.84 Å². The molecule has 3 aromatic carbocycles. The molecule has 0 aliphatic rings. The lowest BCUT2D eigenvalue weighted by Gasteiger charge is -2.08. The van der Waals surface area contributed by atoms with Gasteiger partial charge >= 0.3 is 0 Å². The minimum Gasteiger partial charge on any atom is -0.351 e. The molecule has 0 unspecified atom stereocenters. The molecule has 0 atom stereocenters. The van der Waals surface area contributed by atoms with Gasteiger partial charge in [0.05, 0.1) is 10.6 Å². The van der Waals surface area contributed by atoms with Crippen molar-refractivity contribution in [2.24, 2.45) is 0 Å². The number of carbonyl (C=O) groups is 1. The molecule has 0 spiro atoms. The van der Waals surface area contributed by atoms with Crippen LogP contribution >= 0.6 is 23.4 Å². The van der Waals surface area contributed by atoms with E-state index in [1.54, 1.807) is 54.2 Å². The van der Waals surface area contributed by atoms with Gasteiger partial charge in [-0.2, -0.15) is 0 Å². The number of nitrogens with one attached hydrogen (secondary N) is 1. The highest BCUT2D eigenvalue weighted by atomic mass is 35.5. The number of hydrogen-bond donors (Lipinski definition) is 1. The molecule has 0 aliphatic carbocycles. The van der Waals surface area contributed by atoms with Crippen molar-refractivity contribution >= 4 is 39.1 Å². The Bertz CT molecular complexity index is 1050. The zero-order valence-electron chi connectivity index (χ0n) is 15.5. The Balaban J connectivity index is 1.49. The quantitative estimate of drug-likeness (QED) is 0.504. The first-order valence-electron chi connectivity index (χ1n) is 8.97. The van der Waals surface area contributed by atoms with Crippen molar-refractivity contribution in [3.8, 4) is 0 Å². The molecule has 0 saturated carbocycles. The summed E-state index contributed by atoms with van der Waals surface area (Å²) in [7, 11) is -3.41. The largest absolute Gasteiger partial charge is 0.351 e. The van der Waals surface area contributed by atoms with Gasteiger partial charge in [-0.25, -0.2) is 8.42 Å². The molecule has 0 fully saturated rings. The van der Waals surface area contributed by atoms with Crippen LogP contribution in [0.2, 0.25) is 5.02 Å². The second-order valence-corrected chi connectivity index (χ2v) is 9.92. The molecule has 3 aromatic rings. The molecule has 0 saturated heterocycles. The standard InChI is InChI=1S/C22H20ClNO3S2/c23-19-10-12-20(13-11-19)28-16-17-6-8-18(9-7-17)22(25)24-14-15-29(26,27)21-4-2-1-3-5-21/h1-13H,14-16H2,(H,24,25). The summed E-state index contributed by atoms with van der Waals surface area (Å²) in [4.78, 5) is 13.6. The summed E-state index contributed by atoms with van der Waals surface area (Å²) < 4.78 is 24.5. The average Bonchev–Trinajstić information content (AvgIpc) is 2.74. The van der Waals surface area contributed by atoms with Gasteiger partial charge in [-0.05, 0) is 54.1 Å². The fraction of sp³-hybridized carbons (Fsp3) is 0.136. The Kier molecular flexibility index (Phi) is 7.36. The van der Waals surface area contributed by atoms with E-state index in [1.165, 1.54) is 0 Å². The van der Waals surface area contributed by atoms with Crippen LogP contribution in [0.15, 0.2) is 88.7 Å². The number of benzene rings is 3. The lowest BCUT2D eigenvalue weighted by molar-refractivity contribution is 0.0956. The normalized spacial score (nSPS) is 11.2. The SMILES string of the molecule is O=C(NCCS(=O)(=O)c1ccccc1)c1ccc(CSc2ccc(Cl)cc2)cc1. The molecule has 7 heteroatoms. The third-order valence-corrected chi connectivity index (χ3v) is 7.26. The van der Waals surface area contributed by atoms with Crippen molar-refractivity contribution in [3.63, 3.8) is 0 Å². The van der Waals surface area contributed by atoms with Gasteiger partial charge in [0.25, 0.3) is 5.91 Å². The first-order chi connectivity index (χ1) is 13.9. The fourth-order valence-electron chi connectivity index (χ4n) is 2.60. The van der Waals surface area contributed by atoms with Crippen LogP contribution in [0.4, 0.5) is 0 Å². The van der Waals surface area contributed by atoms with Crippen LogP contribution in [-0.4, -0.2) is 26.6 Å². The number of rotatable bonds is 8. The van der Waals surface area contributed by atoms with E-state index in [0.29, 0.717) is 10.6 Å². The van der Waals surface area contributed by atoms with E-state index in [4.69, 9.17) is 11.6 Å².